The van der Waals surface area contributed by atoms with Crippen LogP contribution in [0.1, 0.15) is 5.56 Å². The molecule has 0 fully saturated rings. The Morgan fingerprint density at radius 1 is 1.50 bits per heavy atom. The Bertz CT molecular complexity index is 444. The Hall–Kier alpha value is -1.30. The van der Waals surface area contributed by atoms with Gasteiger partial charge >= 0.3 is 0 Å². The Morgan fingerprint density at radius 2 is 2.29 bits per heavy atom. The average Bonchev–Trinajstić information content (AvgIpc) is 2.61. The van der Waals surface area contributed by atoms with Crippen LogP contribution in [0.15, 0.2) is 23.1 Å². The van der Waals surface area contributed by atoms with E-state index < -0.39 is 0 Å². The molecule has 0 amide bonds. The van der Waals surface area contributed by atoms with Crippen molar-refractivity contribution in [1.29, 1.82) is 0 Å². The molecular weight excluding hydrogens is 246 g/mol. The highest BCUT2D eigenvalue weighted by molar-refractivity contribution is 9.10. The second-order valence-corrected chi connectivity index (χ2v) is 3.81. The lowest BCUT2D eigenvalue weighted by Gasteiger charge is -1.97. The highest BCUT2D eigenvalue weighted by atomic mass is 79.9. The van der Waals surface area contributed by atoms with Gasteiger partial charge in [0.15, 0.2) is 0 Å². The van der Waals surface area contributed by atoms with Gasteiger partial charge in [-0.15, -0.1) is 0 Å². The van der Waals surface area contributed by atoms with Crippen molar-refractivity contribution < 1.29 is 0 Å². The van der Waals surface area contributed by atoms with E-state index in [9.17, 15) is 0 Å². The molecule has 0 aliphatic carbocycles. The predicted molar refractivity (Wildman–Crippen MR) is 56.6 cm³/mol. The number of hydrogen-bond acceptors (Lipinski definition) is 3. The zero-order valence-electron chi connectivity index (χ0n) is 7.68. The molecule has 2 aromatic heterocycles. The van der Waals surface area contributed by atoms with Crippen LogP contribution < -0.4 is 5.73 Å². The molecule has 14 heavy (non-hydrogen) atoms. The van der Waals surface area contributed by atoms with Gasteiger partial charge in [-0.3, -0.25) is 9.36 Å². The number of anilines is 1. The third-order valence-electron chi connectivity index (χ3n) is 1.85. The number of nitrogens with two attached hydrogens (primary N) is 1. The van der Waals surface area contributed by atoms with Crippen molar-refractivity contribution in [2.45, 2.75) is 6.54 Å². The lowest BCUT2D eigenvalue weighted by atomic mass is 10.4. The zero-order chi connectivity index (χ0) is 10.1. The van der Waals surface area contributed by atoms with Gasteiger partial charge in [0.05, 0.1) is 6.54 Å². The first-order valence-electron chi connectivity index (χ1n) is 4.12. The van der Waals surface area contributed by atoms with Crippen molar-refractivity contribution in [3.05, 3.63) is 28.6 Å². The molecule has 0 atom stereocenters. The number of aryl methyl sites for hydroxylation is 1. The number of nitrogen functional groups attached to an aromatic ring is 1. The molecule has 2 heterocycles. The van der Waals surface area contributed by atoms with Crippen molar-refractivity contribution in [1.82, 2.24) is 19.6 Å². The summed E-state index contributed by atoms with van der Waals surface area (Å²) in [4.78, 5) is 0. The molecule has 74 valence electrons. The summed E-state index contributed by atoms with van der Waals surface area (Å²) in [5.74, 6) is 0.532. The van der Waals surface area contributed by atoms with Crippen LogP contribution in [-0.4, -0.2) is 19.6 Å². The Kier molecular flexibility index (Phi) is 2.28. The molecule has 0 aliphatic rings. The maximum Gasteiger partial charge on any atom is 0.145 e. The molecular formula is C8H10BrN5. The van der Waals surface area contributed by atoms with Crippen molar-refractivity contribution in [3.63, 3.8) is 0 Å². The van der Waals surface area contributed by atoms with Crippen LogP contribution in [-0.2, 0) is 13.6 Å². The first-order chi connectivity index (χ1) is 6.65. The molecule has 0 aromatic carbocycles. The van der Waals surface area contributed by atoms with Gasteiger partial charge in [0.2, 0.25) is 0 Å². The fourth-order valence-electron chi connectivity index (χ4n) is 1.26. The summed E-state index contributed by atoms with van der Waals surface area (Å²) in [7, 11) is 1.88. The molecule has 0 saturated heterocycles. The van der Waals surface area contributed by atoms with Gasteiger partial charge in [-0.25, -0.2) is 0 Å². The second kappa shape index (κ2) is 3.45. The monoisotopic (exact) mass is 255 g/mol. The van der Waals surface area contributed by atoms with Crippen LogP contribution in [0, 0.1) is 0 Å². The molecule has 2 rings (SSSR count). The van der Waals surface area contributed by atoms with Crippen molar-refractivity contribution in [3.8, 4) is 0 Å². The van der Waals surface area contributed by atoms with Crippen LogP contribution in [0.4, 0.5) is 5.82 Å². The van der Waals surface area contributed by atoms with E-state index in [4.69, 9.17) is 5.73 Å². The Morgan fingerprint density at radius 3 is 2.79 bits per heavy atom. The minimum atomic E-state index is 0.532. The van der Waals surface area contributed by atoms with Crippen LogP contribution in [0.25, 0.3) is 0 Å². The predicted octanol–water partition coefficient (Wildman–Crippen LogP) is 1.01. The van der Waals surface area contributed by atoms with E-state index >= 15 is 0 Å². The third-order valence-corrected chi connectivity index (χ3v) is 2.51. The molecule has 0 saturated carbocycles. The Labute approximate surface area is 89.6 Å². The summed E-state index contributed by atoms with van der Waals surface area (Å²) >= 11 is 3.38. The van der Waals surface area contributed by atoms with E-state index in [0.29, 0.717) is 12.4 Å². The summed E-state index contributed by atoms with van der Waals surface area (Å²) in [5, 5.41) is 8.27. The standard InChI is InChI=1S/C8H10BrN5/c1-13-4-6(8(9)12-13)5-14-3-2-7(10)11-14/h2-4H,5H2,1H3,(H2,10,11). The highest BCUT2D eigenvalue weighted by Crippen LogP contribution is 2.14. The van der Waals surface area contributed by atoms with Gasteiger partial charge in [-0.2, -0.15) is 10.2 Å². The maximum absolute atomic E-state index is 5.51. The van der Waals surface area contributed by atoms with E-state index in [2.05, 4.69) is 26.1 Å². The molecule has 0 spiro atoms. The number of hydrogen-bond donors (Lipinski definition) is 1. The van der Waals surface area contributed by atoms with Crippen LogP contribution in [0.3, 0.4) is 0 Å². The van der Waals surface area contributed by atoms with Gasteiger partial charge in [-0.1, -0.05) is 0 Å². The topological polar surface area (TPSA) is 61.7 Å². The molecule has 0 aliphatic heterocycles. The summed E-state index contributed by atoms with van der Waals surface area (Å²) in [6.07, 6.45) is 3.79. The summed E-state index contributed by atoms with van der Waals surface area (Å²) in [6.45, 7) is 0.672. The molecule has 6 heteroatoms. The fourth-order valence-corrected chi connectivity index (χ4v) is 1.73. The van der Waals surface area contributed by atoms with Crippen molar-refractivity contribution in [2.75, 3.05) is 5.73 Å². The minimum absolute atomic E-state index is 0.532. The fraction of sp³-hybridized carbons (Fsp3) is 0.250. The SMILES string of the molecule is Cn1cc(Cn2ccc(N)n2)c(Br)n1. The van der Waals surface area contributed by atoms with Crippen LogP contribution in [0.2, 0.25) is 0 Å². The van der Waals surface area contributed by atoms with E-state index in [0.717, 1.165) is 10.2 Å². The second-order valence-electron chi connectivity index (χ2n) is 3.06. The van der Waals surface area contributed by atoms with Crippen molar-refractivity contribution in [2.24, 2.45) is 7.05 Å². The van der Waals surface area contributed by atoms with E-state index in [1.807, 2.05) is 19.4 Å². The number of halogens is 1. The van der Waals surface area contributed by atoms with Gasteiger partial charge in [0, 0.05) is 25.0 Å². The summed E-state index contributed by atoms with van der Waals surface area (Å²) in [6, 6.07) is 1.77. The normalized spacial score (nSPS) is 10.7. The average molecular weight is 256 g/mol. The molecule has 2 aromatic rings. The molecule has 2 N–H and O–H groups in total. The first kappa shape index (κ1) is 9.26. The number of aromatic nitrogens is 4. The number of rotatable bonds is 2. The zero-order valence-corrected chi connectivity index (χ0v) is 9.27. The van der Waals surface area contributed by atoms with Crippen LogP contribution >= 0.6 is 15.9 Å². The van der Waals surface area contributed by atoms with Gasteiger partial charge in [0.25, 0.3) is 0 Å². The largest absolute Gasteiger partial charge is 0.382 e. The highest BCUT2D eigenvalue weighted by Gasteiger charge is 2.05. The Balaban J connectivity index is 2.22. The molecule has 0 unspecified atom stereocenters. The van der Waals surface area contributed by atoms with Crippen LogP contribution in [0.5, 0.6) is 0 Å². The van der Waals surface area contributed by atoms with Gasteiger partial charge in [-0.05, 0) is 22.0 Å². The van der Waals surface area contributed by atoms with Gasteiger partial charge in [0.1, 0.15) is 10.4 Å². The van der Waals surface area contributed by atoms with Gasteiger partial charge < -0.3 is 5.73 Å². The third kappa shape index (κ3) is 1.79. The summed E-state index contributed by atoms with van der Waals surface area (Å²) in [5.41, 5.74) is 6.59. The summed E-state index contributed by atoms with van der Waals surface area (Å²) < 4.78 is 4.37. The van der Waals surface area contributed by atoms with E-state index in [-0.39, 0.29) is 0 Å². The molecule has 5 nitrogen and oxygen atoms in total. The minimum Gasteiger partial charge on any atom is -0.382 e. The van der Waals surface area contributed by atoms with E-state index in [1.54, 1.807) is 15.4 Å². The van der Waals surface area contributed by atoms with Crippen molar-refractivity contribution >= 4 is 21.7 Å². The van der Waals surface area contributed by atoms with E-state index in [1.165, 1.54) is 0 Å². The quantitative estimate of drug-likeness (QED) is 0.872. The lowest BCUT2D eigenvalue weighted by Crippen LogP contribution is -2.00. The lowest BCUT2D eigenvalue weighted by molar-refractivity contribution is 0.687. The first-order valence-corrected chi connectivity index (χ1v) is 4.91. The molecule has 0 bridgehead atoms. The number of nitrogens with zero attached hydrogens (tertiary/aromatic N) is 4. The molecule has 0 radical (unpaired) electrons. The smallest absolute Gasteiger partial charge is 0.145 e. The maximum atomic E-state index is 5.51.